The quantitative estimate of drug-likeness (QED) is 0.704. The summed E-state index contributed by atoms with van der Waals surface area (Å²) in [7, 11) is 1.58. The minimum atomic E-state index is -0.210. The van der Waals surface area contributed by atoms with Crippen molar-refractivity contribution in [1.29, 1.82) is 0 Å². The van der Waals surface area contributed by atoms with Gasteiger partial charge in [0.2, 0.25) is 0 Å². The van der Waals surface area contributed by atoms with Gasteiger partial charge in [0.1, 0.15) is 5.75 Å². The van der Waals surface area contributed by atoms with Gasteiger partial charge in [-0.2, -0.15) is 0 Å². The number of ether oxygens (including phenoxy) is 1. The third-order valence-electron chi connectivity index (χ3n) is 4.29. The van der Waals surface area contributed by atoms with Crippen molar-refractivity contribution in [2.24, 2.45) is 0 Å². The molecule has 0 saturated heterocycles. The molecule has 0 fully saturated rings. The molecule has 6 nitrogen and oxygen atoms in total. The van der Waals surface area contributed by atoms with Crippen LogP contribution in [-0.2, 0) is 6.54 Å². The van der Waals surface area contributed by atoms with Crippen molar-refractivity contribution in [3.63, 3.8) is 0 Å². The Morgan fingerprint density at radius 1 is 1.27 bits per heavy atom. The molecule has 2 heterocycles. The lowest BCUT2D eigenvalue weighted by atomic mass is 10.1. The van der Waals surface area contributed by atoms with E-state index >= 15 is 0 Å². The van der Waals surface area contributed by atoms with Crippen LogP contribution in [0.2, 0.25) is 0 Å². The number of carbonyl (C=O) groups is 1. The minimum absolute atomic E-state index is 0.209. The lowest BCUT2D eigenvalue weighted by Crippen LogP contribution is -2.33. The van der Waals surface area contributed by atoms with E-state index in [4.69, 9.17) is 9.15 Å². The molecule has 0 spiro atoms. The topological polar surface area (TPSA) is 75.5 Å². The maximum absolute atomic E-state index is 12.7. The van der Waals surface area contributed by atoms with Gasteiger partial charge in [0, 0.05) is 18.2 Å². The number of furan rings is 1. The molecule has 0 radical (unpaired) electrons. The number of benzene rings is 1. The summed E-state index contributed by atoms with van der Waals surface area (Å²) in [5.41, 5.74) is 1.04. The van der Waals surface area contributed by atoms with E-state index in [0.29, 0.717) is 23.4 Å². The number of rotatable bonds is 7. The van der Waals surface area contributed by atoms with Gasteiger partial charge in [-0.3, -0.25) is 9.59 Å². The molecule has 0 aliphatic rings. The molecule has 26 heavy (non-hydrogen) atoms. The van der Waals surface area contributed by atoms with E-state index in [1.54, 1.807) is 30.2 Å². The van der Waals surface area contributed by atoms with E-state index in [0.717, 1.165) is 18.2 Å². The average Bonchev–Trinajstić information content (AvgIpc) is 3.19. The highest BCUT2D eigenvalue weighted by Crippen LogP contribution is 2.19. The third-order valence-corrected chi connectivity index (χ3v) is 4.29. The zero-order valence-electron chi connectivity index (χ0n) is 15.0. The van der Waals surface area contributed by atoms with Crippen molar-refractivity contribution in [1.82, 2.24) is 9.88 Å². The molecule has 0 unspecified atom stereocenters. The summed E-state index contributed by atoms with van der Waals surface area (Å²) in [6.07, 6.45) is 3.28. The number of methoxy groups -OCH3 is 1. The van der Waals surface area contributed by atoms with E-state index in [1.165, 1.54) is 6.26 Å². The Bertz CT molecular complexity index is 944. The first-order chi connectivity index (χ1) is 12.6. The number of hydrogen-bond donors (Lipinski definition) is 1. The largest absolute Gasteiger partial charge is 0.497 e. The van der Waals surface area contributed by atoms with Crippen molar-refractivity contribution in [2.75, 3.05) is 13.7 Å². The predicted octanol–water partition coefficient (Wildman–Crippen LogP) is 3.57. The molecule has 0 atom stereocenters. The molecule has 136 valence electrons. The van der Waals surface area contributed by atoms with E-state index in [9.17, 15) is 9.59 Å². The highest BCUT2D eigenvalue weighted by molar-refractivity contribution is 5.91. The first-order valence-corrected chi connectivity index (χ1v) is 8.65. The SMILES string of the molecule is CCCCN(Cc1cc2ccc(OC)cc2[nH]c1=O)C(=O)c1ccco1. The Morgan fingerprint density at radius 2 is 2.12 bits per heavy atom. The highest BCUT2D eigenvalue weighted by Gasteiger charge is 2.19. The van der Waals surface area contributed by atoms with Crippen molar-refractivity contribution in [2.45, 2.75) is 26.3 Å². The number of fused-ring (bicyclic) bond motifs is 1. The Balaban J connectivity index is 1.91. The normalized spacial score (nSPS) is 10.8. The van der Waals surface area contributed by atoms with Crippen LogP contribution in [-0.4, -0.2) is 29.4 Å². The molecule has 1 amide bonds. The molecule has 0 saturated carbocycles. The lowest BCUT2D eigenvalue weighted by molar-refractivity contribution is 0.0708. The number of carbonyl (C=O) groups excluding carboxylic acids is 1. The van der Waals surface area contributed by atoms with Crippen LogP contribution in [0.5, 0.6) is 5.75 Å². The van der Waals surface area contributed by atoms with Crippen LogP contribution in [0, 0.1) is 0 Å². The standard InChI is InChI=1S/C20H22N2O4/c1-3-4-9-22(20(24)18-6-5-10-26-18)13-15-11-14-7-8-16(25-2)12-17(14)21-19(15)23/h5-8,10-12H,3-4,9,13H2,1-2H3,(H,21,23). The second-order valence-electron chi connectivity index (χ2n) is 6.13. The maximum atomic E-state index is 12.7. The van der Waals surface area contributed by atoms with Crippen LogP contribution in [0.1, 0.15) is 35.9 Å². The molecular formula is C20H22N2O4. The molecule has 0 aliphatic carbocycles. The maximum Gasteiger partial charge on any atom is 0.289 e. The lowest BCUT2D eigenvalue weighted by Gasteiger charge is -2.21. The summed E-state index contributed by atoms with van der Waals surface area (Å²) in [4.78, 5) is 29.7. The number of unbranched alkanes of at least 4 members (excludes halogenated alkanes) is 1. The Kier molecular flexibility index (Phi) is 5.41. The van der Waals surface area contributed by atoms with E-state index in [1.807, 2.05) is 18.2 Å². The molecular weight excluding hydrogens is 332 g/mol. The number of nitrogens with one attached hydrogen (secondary N) is 1. The Hall–Kier alpha value is -3.02. The molecule has 1 N–H and O–H groups in total. The van der Waals surface area contributed by atoms with Gasteiger partial charge in [-0.25, -0.2) is 0 Å². The fraction of sp³-hybridized carbons (Fsp3) is 0.300. The molecule has 0 aliphatic heterocycles. The van der Waals surface area contributed by atoms with Crippen molar-refractivity contribution >= 4 is 16.8 Å². The van der Waals surface area contributed by atoms with Gasteiger partial charge in [-0.05, 0) is 42.1 Å². The first kappa shape index (κ1) is 17.8. The molecule has 2 aromatic heterocycles. The minimum Gasteiger partial charge on any atom is -0.497 e. The molecule has 3 rings (SSSR count). The fourth-order valence-electron chi connectivity index (χ4n) is 2.83. The van der Waals surface area contributed by atoms with Crippen LogP contribution in [0.25, 0.3) is 10.9 Å². The van der Waals surface area contributed by atoms with Gasteiger partial charge >= 0.3 is 0 Å². The average molecular weight is 354 g/mol. The van der Waals surface area contributed by atoms with Gasteiger partial charge in [-0.15, -0.1) is 0 Å². The van der Waals surface area contributed by atoms with Crippen molar-refractivity contribution in [3.05, 3.63) is 64.3 Å². The number of aromatic amines is 1. The van der Waals surface area contributed by atoms with Crippen LogP contribution in [0.4, 0.5) is 0 Å². The van der Waals surface area contributed by atoms with E-state index in [2.05, 4.69) is 11.9 Å². The summed E-state index contributed by atoms with van der Waals surface area (Å²) in [6.45, 7) is 2.86. The summed E-state index contributed by atoms with van der Waals surface area (Å²) in [5, 5.41) is 0.890. The first-order valence-electron chi connectivity index (χ1n) is 8.65. The highest BCUT2D eigenvalue weighted by atomic mass is 16.5. The molecule has 6 heteroatoms. The zero-order chi connectivity index (χ0) is 18.5. The molecule has 0 bridgehead atoms. The van der Waals surface area contributed by atoms with E-state index in [-0.39, 0.29) is 23.8 Å². The number of aromatic nitrogens is 1. The second-order valence-corrected chi connectivity index (χ2v) is 6.13. The van der Waals surface area contributed by atoms with Gasteiger partial charge < -0.3 is 19.0 Å². The number of hydrogen-bond acceptors (Lipinski definition) is 4. The molecule has 3 aromatic rings. The third kappa shape index (κ3) is 3.79. The van der Waals surface area contributed by atoms with Crippen LogP contribution < -0.4 is 10.3 Å². The van der Waals surface area contributed by atoms with Gasteiger partial charge in [0.15, 0.2) is 5.76 Å². The Morgan fingerprint density at radius 3 is 2.81 bits per heavy atom. The van der Waals surface area contributed by atoms with E-state index < -0.39 is 0 Å². The summed E-state index contributed by atoms with van der Waals surface area (Å²) < 4.78 is 10.4. The monoisotopic (exact) mass is 354 g/mol. The zero-order valence-corrected chi connectivity index (χ0v) is 15.0. The van der Waals surface area contributed by atoms with Crippen LogP contribution in [0.15, 0.2) is 51.9 Å². The molecule has 1 aromatic carbocycles. The van der Waals surface area contributed by atoms with Crippen LogP contribution in [0.3, 0.4) is 0 Å². The smallest absolute Gasteiger partial charge is 0.289 e. The Labute approximate surface area is 151 Å². The van der Waals surface area contributed by atoms with Crippen molar-refractivity contribution in [3.8, 4) is 5.75 Å². The predicted molar refractivity (Wildman–Crippen MR) is 99.5 cm³/mol. The number of pyridine rings is 1. The summed E-state index contributed by atoms with van der Waals surface area (Å²) >= 11 is 0. The van der Waals surface area contributed by atoms with Gasteiger partial charge in [0.05, 0.1) is 25.4 Å². The fourth-order valence-corrected chi connectivity index (χ4v) is 2.83. The number of H-pyrrole nitrogens is 1. The van der Waals surface area contributed by atoms with Crippen LogP contribution >= 0.6 is 0 Å². The number of nitrogens with zero attached hydrogens (tertiary/aromatic N) is 1. The van der Waals surface area contributed by atoms with Crippen molar-refractivity contribution < 1.29 is 13.9 Å². The second kappa shape index (κ2) is 7.91. The summed E-state index contributed by atoms with van der Waals surface area (Å²) in [5.74, 6) is 0.749. The summed E-state index contributed by atoms with van der Waals surface area (Å²) in [6, 6.07) is 10.6. The van der Waals surface area contributed by atoms with Gasteiger partial charge in [-0.1, -0.05) is 13.3 Å². The van der Waals surface area contributed by atoms with Gasteiger partial charge in [0.25, 0.3) is 11.5 Å². The number of amides is 1.